The Balaban J connectivity index is -0.000000133. The molecule has 146 valence electrons. The summed E-state index contributed by atoms with van der Waals surface area (Å²) in [6.45, 7) is 22.9. The van der Waals surface area contributed by atoms with Crippen molar-refractivity contribution in [3.8, 4) is 0 Å². The first kappa shape index (κ1) is 30.9. The van der Waals surface area contributed by atoms with E-state index < -0.39 is 11.6 Å². The minimum atomic E-state index is -0.935. The van der Waals surface area contributed by atoms with Gasteiger partial charge in [0.05, 0.1) is 0 Å². The van der Waals surface area contributed by atoms with Gasteiger partial charge in [-0.25, -0.2) is 9.59 Å². The molecule has 26 heavy (non-hydrogen) atoms. The number of carboxylic acids is 1. The van der Waals surface area contributed by atoms with Crippen molar-refractivity contribution in [3.05, 3.63) is 80.4 Å². The largest absolute Gasteiger partial charge is 0.478 e. The van der Waals surface area contributed by atoms with Gasteiger partial charge in [-0.1, -0.05) is 56.1 Å². The molecule has 1 rings (SSSR count). The number of aliphatic carboxylic acids is 1. The smallest absolute Gasteiger partial charge is 0.330 e. The third-order valence-electron chi connectivity index (χ3n) is 1.97. The first-order valence-electron chi connectivity index (χ1n) is 7.45. The highest BCUT2D eigenvalue weighted by Gasteiger charge is 2.12. The van der Waals surface area contributed by atoms with Crippen LogP contribution in [0.25, 0.3) is 6.08 Å². The van der Waals surface area contributed by atoms with Crippen molar-refractivity contribution < 1.29 is 24.9 Å². The Morgan fingerprint density at radius 2 is 1.46 bits per heavy atom. The SMILES string of the molecule is C=C.C=C(C)C(=O)O.C=CC(=O)OC(C)(C)C.C=Cc1ccccc1.O. The van der Waals surface area contributed by atoms with Crippen LogP contribution in [0.5, 0.6) is 0 Å². The number of carboxylic acid groups (broad SMARTS) is 1. The summed E-state index contributed by atoms with van der Waals surface area (Å²) in [6, 6.07) is 10.0. The lowest BCUT2D eigenvalue weighted by atomic mass is 10.2. The summed E-state index contributed by atoms with van der Waals surface area (Å²) in [4.78, 5) is 20.1. The molecular formula is C21H32O5. The molecule has 0 saturated heterocycles. The average molecular weight is 364 g/mol. The molecule has 1 aromatic rings. The van der Waals surface area contributed by atoms with Crippen molar-refractivity contribution in [1.29, 1.82) is 0 Å². The first-order chi connectivity index (χ1) is 11.5. The van der Waals surface area contributed by atoms with E-state index in [1.165, 1.54) is 12.5 Å². The third kappa shape index (κ3) is 26.0. The number of carbonyl (C=O) groups excluding carboxylic acids is 1. The number of esters is 1. The Bertz CT molecular complexity index is 527. The molecule has 0 spiro atoms. The summed E-state index contributed by atoms with van der Waals surface area (Å²) in [7, 11) is 0. The fraction of sp³-hybridized carbons (Fsp3) is 0.238. The summed E-state index contributed by atoms with van der Waals surface area (Å²) < 4.78 is 4.83. The minimum Gasteiger partial charge on any atom is -0.478 e. The van der Waals surface area contributed by atoms with Crippen LogP contribution in [0.1, 0.15) is 33.3 Å². The van der Waals surface area contributed by atoms with Gasteiger partial charge in [0.15, 0.2) is 0 Å². The first-order valence-corrected chi connectivity index (χ1v) is 7.45. The molecule has 0 aromatic heterocycles. The van der Waals surface area contributed by atoms with E-state index in [0.29, 0.717) is 0 Å². The summed E-state index contributed by atoms with van der Waals surface area (Å²) in [6.07, 6.45) is 2.99. The van der Waals surface area contributed by atoms with Crippen LogP contribution < -0.4 is 0 Å². The highest BCUT2D eigenvalue weighted by Crippen LogP contribution is 2.06. The molecule has 0 aliphatic rings. The number of carbonyl (C=O) groups is 2. The average Bonchev–Trinajstić information content (AvgIpc) is 2.57. The van der Waals surface area contributed by atoms with Gasteiger partial charge in [-0.05, 0) is 33.3 Å². The summed E-state index contributed by atoms with van der Waals surface area (Å²) >= 11 is 0. The van der Waals surface area contributed by atoms with Crippen LogP contribution in [0.15, 0.2) is 74.9 Å². The predicted octanol–water partition coefficient (Wildman–Crippen LogP) is 4.47. The van der Waals surface area contributed by atoms with Gasteiger partial charge in [-0.2, -0.15) is 0 Å². The van der Waals surface area contributed by atoms with Gasteiger partial charge in [0.1, 0.15) is 5.60 Å². The highest BCUT2D eigenvalue weighted by molar-refractivity contribution is 5.84. The molecule has 0 radical (unpaired) electrons. The monoisotopic (exact) mass is 364 g/mol. The van der Waals surface area contributed by atoms with Crippen LogP contribution in [-0.4, -0.2) is 28.1 Å². The molecule has 1 aromatic carbocycles. The van der Waals surface area contributed by atoms with E-state index in [2.05, 4.69) is 32.9 Å². The molecule has 0 fully saturated rings. The molecule has 0 saturated carbocycles. The second kappa shape index (κ2) is 18.4. The topological polar surface area (TPSA) is 95.1 Å². The molecule has 0 aliphatic carbocycles. The quantitative estimate of drug-likeness (QED) is 0.486. The second-order valence-corrected chi connectivity index (χ2v) is 5.44. The number of rotatable bonds is 3. The van der Waals surface area contributed by atoms with Crippen molar-refractivity contribution in [2.75, 3.05) is 0 Å². The minimum absolute atomic E-state index is 0. The van der Waals surface area contributed by atoms with E-state index >= 15 is 0 Å². The standard InChI is InChI=1S/C8H8.C7H12O2.C4H6O2.C2H4.H2O/c1-2-8-6-4-3-5-7-8;1-5-6(8)9-7(2,3)4;1-3(2)4(5)6;1-2;/h2-7H,1H2;5H,1H2,2-4H3;1H2,2H3,(H,5,6);1-2H2;1H2. The van der Waals surface area contributed by atoms with E-state index in [9.17, 15) is 9.59 Å². The highest BCUT2D eigenvalue weighted by atomic mass is 16.6. The molecule has 5 nitrogen and oxygen atoms in total. The van der Waals surface area contributed by atoms with E-state index in [0.717, 1.165) is 6.08 Å². The molecule has 5 heteroatoms. The van der Waals surface area contributed by atoms with Gasteiger partial charge in [0.25, 0.3) is 0 Å². The van der Waals surface area contributed by atoms with Crippen molar-refractivity contribution in [2.24, 2.45) is 0 Å². The Hall–Kier alpha value is -2.92. The van der Waals surface area contributed by atoms with E-state index in [-0.39, 0.29) is 17.0 Å². The Morgan fingerprint density at radius 3 is 1.62 bits per heavy atom. The number of hydrogen-bond acceptors (Lipinski definition) is 3. The fourth-order valence-electron chi connectivity index (χ4n) is 0.933. The van der Waals surface area contributed by atoms with E-state index in [4.69, 9.17) is 9.84 Å². The predicted molar refractivity (Wildman–Crippen MR) is 110 cm³/mol. The molecule has 0 amide bonds. The fourth-order valence-corrected chi connectivity index (χ4v) is 0.933. The molecule has 0 unspecified atom stereocenters. The van der Waals surface area contributed by atoms with Gasteiger partial charge >= 0.3 is 11.9 Å². The lowest BCUT2D eigenvalue weighted by Gasteiger charge is -2.17. The maximum Gasteiger partial charge on any atom is 0.330 e. The molecule has 0 bridgehead atoms. The van der Waals surface area contributed by atoms with Gasteiger partial charge in [0.2, 0.25) is 0 Å². The maximum absolute atomic E-state index is 10.5. The number of benzene rings is 1. The Morgan fingerprint density at radius 1 is 1.08 bits per heavy atom. The van der Waals surface area contributed by atoms with Crippen molar-refractivity contribution in [3.63, 3.8) is 0 Å². The third-order valence-corrected chi connectivity index (χ3v) is 1.97. The van der Waals surface area contributed by atoms with Gasteiger partial charge in [-0.3, -0.25) is 0 Å². The normalized spacial score (nSPS) is 8.15. The Labute approximate surface area is 157 Å². The zero-order chi connectivity index (χ0) is 20.5. The summed E-state index contributed by atoms with van der Waals surface area (Å²) in [5.74, 6) is -1.31. The second-order valence-electron chi connectivity index (χ2n) is 5.44. The van der Waals surface area contributed by atoms with Gasteiger partial charge in [0, 0.05) is 11.6 Å². The van der Waals surface area contributed by atoms with Gasteiger partial charge < -0.3 is 15.3 Å². The maximum atomic E-state index is 10.5. The van der Waals surface area contributed by atoms with Gasteiger partial charge in [-0.15, -0.1) is 13.2 Å². The van der Waals surface area contributed by atoms with Crippen molar-refractivity contribution in [1.82, 2.24) is 0 Å². The summed E-state index contributed by atoms with van der Waals surface area (Å²) in [5.41, 5.74) is 0.952. The lowest BCUT2D eigenvalue weighted by molar-refractivity contribution is -0.148. The molecule has 0 heterocycles. The molecule has 3 N–H and O–H groups in total. The van der Waals surface area contributed by atoms with Crippen LogP contribution in [0.2, 0.25) is 0 Å². The van der Waals surface area contributed by atoms with Crippen LogP contribution in [-0.2, 0) is 14.3 Å². The van der Waals surface area contributed by atoms with E-state index in [1.54, 1.807) is 0 Å². The van der Waals surface area contributed by atoms with Crippen LogP contribution >= 0.6 is 0 Å². The Kier molecular flexibility index (Phi) is 21.9. The van der Waals surface area contributed by atoms with Crippen LogP contribution in [0.3, 0.4) is 0 Å². The zero-order valence-corrected chi connectivity index (χ0v) is 16.2. The molecule has 0 aliphatic heterocycles. The molecular weight excluding hydrogens is 332 g/mol. The zero-order valence-electron chi connectivity index (χ0n) is 16.2. The summed E-state index contributed by atoms with van der Waals surface area (Å²) in [5, 5.41) is 7.89. The van der Waals surface area contributed by atoms with Crippen LogP contribution in [0, 0.1) is 0 Å². The van der Waals surface area contributed by atoms with Crippen molar-refractivity contribution in [2.45, 2.75) is 33.3 Å². The van der Waals surface area contributed by atoms with E-state index in [1.807, 2.05) is 57.2 Å². The van der Waals surface area contributed by atoms with Crippen LogP contribution in [0.4, 0.5) is 0 Å². The molecule has 0 atom stereocenters. The number of ether oxygens (including phenoxy) is 1. The lowest BCUT2D eigenvalue weighted by Crippen LogP contribution is -2.22. The van der Waals surface area contributed by atoms with Crippen molar-refractivity contribution >= 4 is 18.0 Å². The number of hydrogen-bond donors (Lipinski definition) is 1.